The molecule has 1 aliphatic rings. The van der Waals surface area contributed by atoms with Gasteiger partial charge < -0.3 is 9.32 Å². The number of furan rings is 1. The van der Waals surface area contributed by atoms with Crippen molar-refractivity contribution in [3.8, 4) is 34.1 Å². The van der Waals surface area contributed by atoms with Gasteiger partial charge in [0.05, 0.1) is 0 Å². The lowest BCUT2D eigenvalue weighted by molar-refractivity contribution is 0.670. The summed E-state index contributed by atoms with van der Waals surface area (Å²) in [6.45, 7) is 0. The van der Waals surface area contributed by atoms with E-state index in [9.17, 15) is 0 Å². The van der Waals surface area contributed by atoms with Gasteiger partial charge >= 0.3 is 0 Å². The van der Waals surface area contributed by atoms with Gasteiger partial charge in [0.1, 0.15) is 16.6 Å². The zero-order valence-corrected chi connectivity index (χ0v) is 28.9. The lowest BCUT2D eigenvalue weighted by Crippen LogP contribution is -2.25. The molecule has 10 rings (SSSR count). The Kier molecular flexibility index (Phi) is 7.30. The summed E-state index contributed by atoms with van der Waals surface area (Å²) in [4.78, 5) is 2.34. The Balaban J connectivity index is 1.15. The minimum Gasteiger partial charge on any atom is -0.455 e. The van der Waals surface area contributed by atoms with Crippen LogP contribution in [0.25, 0.3) is 44.2 Å². The van der Waals surface area contributed by atoms with E-state index in [4.69, 9.17) is 4.42 Å². The molecule has 0 saturated heterocycles. The molecule has 1 aromatic heterocycles. The molecule has 248 valence electrons. The van der Waals surface area contributed by atoms with Crippen molar-refractivity contribution in [2.45, 2.75) is 5.41 Å². The third-order valence-corrected chi connectivity index (χ3v) is 10.5. The molecule has 0 saturated carbocycles. The van der Waals surface area contributed by atoms with Crippen LogP contribution in [0.3, 0.4) is 0 Å². The molecule has 53 heavy (non-hydrogen) atoms. The predicted molar refractivity (Wildman–Crippen MR) is 219 cm³/mol. The molecule has 0 radical (unpaired) electrons. The summed E-state index contributed by atoms with van der Waals surface area (Å²) in [5, 5.41) is 2.26. The molecule has 1 unspecified atom stereocenters. The molecule has 0 N–H and O–H groups in total. The molecule has 2 heteroatoms. The number of para-hydroxylation sites is 3. The lowest BCUT2D eigenvalue weighted by Gasteiger charge is -2.30. The van der Waals surface area contributed by atoms with Crippen molar-refractivity contribution in [3.05, 3.63) is 222 Å². The van der Waals surface area contributed by atoms with Crippen LogP contribution in [0.2, 0.25) is 0 Å². The highest BCUT2D eigenvalue weighted by molar-refractivity contribution is 6.09. The van der Waals surface area contributed by atoms with Gasteiger partial charge in [-0.2, -0.15) is 0 Å². The molecule has 0 spiro atoms. The Morgan fingerprint density at radius 3 is 1.85 bits per heavy atom. The van der Waals surface area contributed by atoms with Crippen LogP contribution in [0.5, 0.6) is 0 Å². The standard InChI is InChI=1S/C51H33NO/c1-4-15-36(16-5-1)33-34-51(38-17-6-2-7-18-38)47-25-12-10-21-43(47)44-32-31-41(35-48(44)51)52(39-19-8-3-9-20-39)40-29-27-37(28-30-40)42-23-14-24-46-45-22-11-13-26-49(45)53-50(42)46/h1-32,35H. The largest absolute Gasteiger partial charge is 0.455 e. The third kappa shape index (κ3) is 5.06. The Morgan fingerprint density at radius 1 is 0.434 bits per heavy atom. The molecule has 1 atom stereocenters. The fourth-order valence-corrected chi connectivity index (χ4v) is 8.09. The number of rotatable bonds is 5. The normalized spacial score (nSPS) is 14.3. The van der Waals surface area contributed by atoms with E-state index < -0.39 is 5.41 Å². The van der Waals surface area contributed by atoms with E-state index in [0.717, 1.165) is 61.3 Å². The summed E-state index contributed by atoms with van der Waals surface area (Å²) < 4.78 is 6.41. The van der Waals surface area contributed by atoms with Gasteiger partial charge in [-0.1, -0.05) is 157 Å². The Hall–Kier alpha value is -7.08. The van der Waals surface area contributed by atoms with Crippen molar-refractivity contribution in [2.75, 3.05) is 4.90 Å². The van der Waals surface area contributed by atoms with Crippen LogP contribution in [0.4, 0.5) is 17.1 Å². The average molecular weight is 676 g/mol. The van der Waals surface area contributed by atoms with Crippen molar-refractivity contribution < 1.29 is 4.42 Å². The van der Waals surface area contributed by atoms with Crippen LogP contribution in [0.15, 0.2) is 205 Å². The smallest absolute Gasteiger partial charge is 0.143 e. The molecule has 0 fully saturated rings. The zero-order chi connectivity index (χ0) is 35.2. The molecule has 1 aliphatic carbocycles. The second kappa shape index (κ2) is 12.6. The van der Waals surface area contributed by atoms with Crippen LogP contribution in [0.1, 0.15) is 22.3 Å². The zero-order valence-electron chi connectivity index (χ0n) is 28.9. The molecule has 2 nitrogen and oxygen atoms in total. The van der Waals surface area contributed by atoms with Gasteiger partial charge in [-0.3, -0.25) is 0 Å². The Labute approximate surface area is 309 Å². The van der Waals surface area contributed by atoms with Gasteiger partial charge in [0.15, 0.2) is 0 Å². The first-order valence-electron chi connectivity index (χ1n) is 18.0. The SMILES string of the molecule is C(#CC1(c2ccccc2)c2ccccc2-c2ccc(N(c3ccccc3)c3ccc(-c4cccc5c4oc4ccccc45)cc3)cc21)c1ccccc1. The van der Waals surface area contributed by atoms with Gasteiger partial charge in [-0.25, -0.2) is 0 Å². The van der Waals surface area contributed by atoms with E-state index >= 15 is 0 Å². The summed E-state index contributed by atoms with van der Waals surface area (Å²) in [5.74, 6) is 7.45. The maximum absolute atomic E-state index is 6.41. The van der Waals surface area contributed by atoms with Crippen molar-refractivity contribution in [2.24, 2.45) is 0 Å². The summed E-state index contributed by atoms with van der Waals surface area (Å²) in [5.41, 5.74) is 13.5. The number of benzene rings is 8. The molecule has 9 aromatic rings. The second-order valence-corrected chi connectivity index (χ2v) is 13.5. The number of anilines is 3. The molecule has 0 bridgehead atoms. The van der Waals surface area contributed by atoms with Gasteiger partial charge in [0.25, 0.3) is 0 Å². The Bertz CT molecular complexity index is 2830. The monoisotopic (exact) mass is 675 g/mol. The van der Waals surface area contributed by atoms with Crippen LogP contribution in [-0.4, -0.2) is 0 Å². The van der Waals surface area contributed by atoms with Crippen molar-refractivity contribution >= 4 is 39.0 Å². The summed E-state index contributed by atoms with van der Waals surface area (Å²) in [7, 11) is 0. The van der Waals surface area contributed by atoms with E-state index in [0.29, 0.717) is 0 Å². The molecular weight excluding hydrogens is 643 g/mol. The van der Waals surface area contributed by atoms with Crippen molar-refractivity contribution in [3.63, 3.8) is 0 Å². The number of fused-ring (bicyclic) bond motifs is 6. The number of hydrogen-bond acceptors (Lipinski definition) is 2. The van der Waals surface area contributed by atoms with E-state index in [2.05, 4.69) is 187 Å². The molecule has 1 heterocycles. The van der Waals surface area contributed by atoms with Crippen LogP contribution >= 0.6 is 0 Å². The first kappa shape index (κ1) is 30.7. The molecule has 0 amide bonds. The fraction of sp³-hybridized carbons (Fsp3) is 0.0196. The van der Waals surface area contributed by atoms with E-state index in [1.807, 2.05) is 30.3 Å². The maximum atomic E-state index is 6.41. The number of hydrogen-bond donors (Lipinski definition) is 0. The van der Waals surface area contributed by atoms with Gasteiger partial charge in [-0.05, 0) is 88.0 Å². The van der Waals surface area contributed by atoms with Gasteiger partial charge in [0.2, 0.25) is 0 Å². The highest BCUT2D eigenvalue weighted by Crippen LogP contribution is 2.54. The molecule has 8 aromatic carbocycles. The quantitative estimate of drug-likeness (QED) is 0.169. The fourth-order valence-electron chi connectivity index (χ4n) is 8.09. The second-order valence-electron chi connectivity index (χ2n) is 13.5. The van der Waals surface area contributed by atoms with E-state index in [1.54, 1.807) is 0 Å². The highest BCUT2D eigenvalue weighted by atomic mass is 16.3. The number of nitrogens with zero attached hydrogens (tertiary/aromatic N) is 1. The van der Waals surface area contributed by atoms with E-state index in [1.165, 1.54) is 22.3 Å². The summed E-state index contributed by atoms with van der Waals surface area (Å²) in [6, 6.07) is 70.8. The lowest BCUT2D eigenvalue weighted by atomic mass is 9.72. The first-order valence-corrected chi connectivity index (χ1v) is 18.0. The van der Waals surface area contributed by atoms with Gasteiger partial charge in [0, 0.05) is 39.0 Å². The van der Waals surface area contributed by atoms with Gasteiger partial charge in [-0.15, -0.1) is 0 Å². The van der Waals surface area contributed by atoms with Crippen LogP contribution in [0, 0.1) is 11.8 Å². The maximum Gasteiger partial charge on any atom is 0.143 e. The molecule has 0 aliphatic heterocycles. The topological polar surface area (TPSA) is 16.4 Å². The summed E-state index contributed by atoms with van der Waals surface area (Å²) >= 11 is 0. The predicted octanol–water partition coefficient (Wildman–Crippen LogP) is 13.1. The van der Waals surface area contributed by atoms with Crippen LogP contribution < -0.4 is 4.90 Å². The van der Waals surface area contributed by atoms with Crippen molar-refractivity contribution in [1.29, 1.82) is 0 Å². The minimum absolute atomic E-state index is 0.670. The Morgan fingerprint density at radius 2 is 1.04 bits per heavy atom. The average Bonchev–Trinajstić information content (AvgIpc) is 3.75. The summed E-state index contributed by atoms with van der Waals surface area (Å²) in [6.07, 6.45) is 0. The molecular formula is C51H33NO. The van der Waals surface area contributed by atoms with Crippen LogP contribution in [-0.2, 0) is 5.41 Å². The highest BCUT2D eigenvalue weighted by Gasteiger charge is 2.44. The third-order valence-electron chi connectivity index (χ3n) is 10.5. The van der Waals surface area contributed by atoms with Crippen molar-refractivity contribution in [1.82, 2.24) is 0 Å². The minimum atomic E-state index is -0.670. The first-order chi connectivity index (χ1) is 26.3. The van der Waals surface area contributed by atoms with E-state index in [-0.39, 0.29) is 0 Å².